The molecular formula is C27H30FN5O2. The molecule has 2 heterocycles. The van der Waals surface area contributed by atoms with Gasteiger partial charge in [0, 0.05) is 12.7 Å². The van der Waals surface area contributed by atoms with Gasteiger partial charge in [-0.2, -0.15) is 0 Å². The maximum atomic E-state index is 13.5. The molecule has 2 aromatic carbocycles. The van der Waals surface area contributed by atoms with Crippen LogP contribution in [0, 0.1) is 12.7 Å². The predicted molar refractivity (Wildman–Crippen MR) is 135 cm³/mol. The Morgan fingerprint density at radius 1 is 1.23 bits per heavy atom. The summed E-state index contributed by atoms with van der Waals surface area (Å²) in [6.07, 6.45) is 7.38. The molecule has 1 aromatic heterocycles. The zero-order chi connectivity index (χ0) is 24.9. The lowest BCUT2D eigenvalue weighted by atomic mass is 10.1. The lowest BCUT2D eigenvalue weighted by Crippen LogP contribution is -2.35. The summed E-state index contributed by atoms with van der Waals surface area (Å²) < 4.78 is 21.0. The number of amides is 1. The van der Waals surface area contributed by atoms with Crippen molar-refractivity contribution in [1.29, 1.82) is 0 Å². The number of hydrogen-bond acceptors (Lipinski definition) is 4. The highest BCUT2D eigenvalue weighted by molar-refractivity contribution is 6.15. The number of unbranched alkanes of at least 4 members (excludes halogenated alkanes) is 1. The first-order chi connectivity index (χ1) is 16.9. The highest BCUT2D eigenvalue weighted by atomic mass is 19.1. The molecule has 1 amide bonds. The van der Waals surface area contributed by atoms with Crippen molar-refractivity contribution in [3.63, 3.8) is 0 Å². The molecule has 1 saturated heterocycles. The van der Waals surface area contributed by atoms with Crippen LogP contribution in [-0.4, -0.2) is 40.0 Å². The summed E-state index contributed by atoms with van der Waals surface area (Å²) >= 11 is 0. The van der Waals surface area contributed by atoms with Crippen molar-refractivity contribution in [3.05, 3.63) is 83.3 Å². The van der Waals surface area contributed by atoms with E-state index in [0.29, 0.717) is 24.0 Å². The normalized spacial score (nSPS) is 16.7. The number of rotatable bonds is 8. The van der Waals surface area contributed by atoms with Gasteiger partial charge in [-0.25, -0.2) is 9.37 Å². The molecule has 1 fully saturated rings. The molecule has 35 heavy (non-hydrogen) atoms. The number of halogens is 1. The van der Waals surface area contributed by atoms with E-state index in [0.717, 1.165) is 35.3 Å². The Bertz CT molecular complexity index is 1260. The second kappa shape index (κ2) is 10.5. The molecule has 4 rings (SSSR count). The van der Waals surface area contributed by atoms with Crippen LogP contribution in [0.4, 0.5) is 4.39 Å². The number of aryl methyl sites for hydroxylation is 1. The van der Waals surface area contributed by atoms with Crippen LogP contribution >= 0.6 is 0 Å². The Morgan fingerprint density at radius 2 is 2.00 bits per heavy atom. The average molecular weight is 476 g/mol. The number of imidazole rings is 1. The van der Waals surface area contributed by atoms with E-state index in [4.69, 9.17) is 4.74 Å². The number of carbonyl (C=O) groups is 1. The van der Waals surface area contributed by atoms with Crippen LogP contribution in [0.3, 0.4) is 0 Å². The molecule has 0 saturated carbocycles. The maximum Gasteiger partial charge on any atom is 0.277 e. The van der Waals surface area contributed by atoms with E-state index >= 15 is 0 Å². The number of aromatic nitrogens is 2. The Morgan fingerprint density at radius 3 is 2.66 bits per heavy atom. The summed E-state index contributed by atoms with van der Waals surface area (Å²) in [5, 5.41) is 3.20. The van der Waals surface area contributed by atoms with Gasteiger partial charge >= 0.3 is 0 Å². The molecule has 182 valence electrons. The smallest absolute Gasteiger partial charge is 0.277 e. The van der Waals surface area contributed by atoms with Gasteiger partial charge in [0.25, 0.3) is 5.91 Å². The van der Waals surface area contributed by atoms with Gasteiger partial charge in [-0.3, -0.25) is 14.7 Å². The molecule has 1 aliphatic heterocycles. The Labute approximate surface area is 205 Å². The van der Waals surface area contributed by atoms with Gasteiger partial charge < -0.3 is 14.6 Å². The van der Waals surface area contributed by atoms with Gasteiger partial charge in [-0.1, -0.05) is 31.5 Å². The van der Waals surface area contributed by atoms with Gasteiger partial charge in [0.15, 0.2) is 0 Å². The first-order valence-electron chi connectivity index (χ1n) is 11.7. The fourth-order valence-electron chi connectivity index (χ4n) is 3.98. The largest absolute Gasteiger partial charge is 0.495 e. The zero-order valence-corrected chi connectivity index (χ0v) is 20.5. The minimum Gasteiger partial charge on any atom is -0.495 e. The van der Waals surface area contributed by atoms with Gasteiger partial charge in [0.05, 0.1) is 30.9 Å². The number of methoxy groups -OCH3 is 1. The molecule has 0 aliphatic carbocycles. The summed E-state index contributed by atoms with van der Waals surface area (Å²) in [5.41, 5.74) is 3.82. The fraction of sp³-hybridized carbons (Fsp3) is 0.296. The van der Waals surface area contributed by atoms with Gasteiger partial charge in [0.1, 0.15) is 17.3 Å². The molecule has 1 atom stereocenters. The predicted octanol–water partition coefficient (Wildman–Crippen LogP) is 5.02. The standard InChI is InChI=1S/C27H30FN5O2/c1-5-6-13-29-27-31-23(26(34)33(27)19(3)21-8-10-22(28)11-9-21)14-20-7-12-24(25(15-20)35-4)32-16-18(2)30-17-32/h7-12,14-17,19H,5-6,13H2,1-4H3,(H,29,31)/b23-14-/t19-/m1/s1. The molecule has 7 nitrogen and oxygen atoms in total. The number of guanidine groups is 1. The molecular weight excluding hydrogens is 445 g/mol. The van der Waals surface area contributed by atoms with Crippen LogP contribution < -0.4 is 10.1 Å². The number of carbonyl (C=O) groups excluding carboxylic acids is 1. The van der Waals surface area contributed by atoms with Crippen LogP contribution in [0.1, 0.15) is 49.6 Å². The number of ether oxygens (including phenoxy) is 1. The van der Waals surface area contributed by atoms with Crippen LogP contribution in [0.2, 0.25) is 0 Å². The Kier molecular flexibility index (Phi) is 7.29. The van der Waals surface area contributed by atoms with Crippen molar-refractivity contribution in [2.75, 3.05) is 13.7 Å². The van der Waals surface area contributed by atoms with E-state index in [1.807, 2.05) is 42.8 Å². The third kappa shape index (κ3) is 5.26. The molecule has 0 spiro atoms. The number of benzene rings is 2. The Balaban J connectivity index is 1.66. The van der Waals surface area contributed by atoms with E-state index in [1.165, 1.54) is 12.1 Å². The fourth-order valence-corrected chi connectivity index (χ4v) is 3.98. The number of aliphatic imine (C=N–C) groups is 1. The topological polar surface area (TPSA) is 71.7 Å². The molecule has 0 radical (unpaired) electrons. The molecule has 3 aromatic rings. The van der Waals surface area contributed by atoms with Crippen molar-refractivity contribution < 1.29 is 13.9 Å². The molecule has 1 aliphatic rings. The lowest BCUT2D eigenvalue weighted by molar-refractivity contribution is -0.123. The zero-order valence-electron chi connectivity index (χ0n) is 20.5. The monoisotopic (exact) mass is 475 g/mol. The van der Waals surface area contributed by atoms with Gasteiger partial charge in [-0.05, 0) is 61.7 Å². The molecule has 0 unspecified atom stereocenters. The lowest BCUT2D eigenvalue weighted by Gasteiger charge is -2.24. The number of hydrogen-bond donors (Lipinski definition) is 1. The van der Waals surface area contributed by atoms with Crippen LogP contribution in [-0.2, 0) is 4.79 Å². The first-order valence-corrected chi connectivity index (χ1v) is 11.7. The SMILES string of the molecule is CCCC/N=C1\N/C(=C\c2ccc(-n3cnc(C)c3)c(OC)c2)C(=O)N1[C@H](C)c1ccc(F)cc1. The van der Waals surface area contributed by atoms with Crippen LogP contribution in [0.25, 0.3) is 11.8 Å². The van der Waals surface area contributed by atoms with E-state index in [2.05, 4.69) is 22.2 Å². The number of nitrogens with one attached hydrogen (secondary N) is 1. The van der Waals surface area contributed by atoms with Crippen molar-refractivity contribution in [3.8, 4) is 11.4 Å². The third-order valence-electron chi connectivity index (χ3n) is 5.94. The summed E-state index contributed by atoms with van der Waals surface area (Å²) in [7, 11) is 1.61. The maximum absolute atomic E-state index is 13.5. The van der Waals surface area contributed by atoms with Gasteiger partial charge in [0.2, 0.25) is 5.96 Å². The average Bonchev–Trinajstić information content (AvgIpc) is 3.42. The Hall–Kier alpha value is -3.94. The van der Waals surface area contributed by atoms with Crippen molar-refractivity contribution in [2.24, 2.45) is 4.99 Å². The van der Waals surface area contributed by atoms with E-state index in [1.54, 1.807) is 36.5 Å². The summed E-state index contributed by atoms with van der Waals surface area (Å²) in [6.45, 7) is 6.55. The van der Waals surface area contributed by atoms with Crippen LogP contribution in [0.15, 0.2) is 65.7 Å². The van der Waals surface area contributed by atoms with Gasteiger partial charge in [-0.15, -0.1) is 0 Å². The molecule has 8 heteroatoms. The minimum atomic E-state index is -0.316. The number of nitrogens with zero attached hydrogens (tertiary/aromatic N) is 4. The van der Waals surface area contributed by atoms with E-state index in [9.17, 15) is 9.18 Å². The molecule has 1 N–H and O–H groups in total. The second-order valence-electron chi connectivity index (χ2n) is 8.50. The van der Waals surface area contributed by atoms with E-state index < -0.39 is 0 Å². The third-order valence-corrected chi connectivity index (χ3v) is 5.94. The quantitative estimate of drug-likeness (QED) is 0.367. The van der Waals surface area contributed by atoms with Crippen molar-refractivity contribution in [1.82, 2.24) is 19.8 Å². The molecule has 0 bridgehead atoms. The highest BCUT2D eigenvalue weighted by Crippen LogP contribution is 2.29. The van der Waals surface area contributed by atoms with E-state index in [-0.39, 0.29) is 17.8 Å². The first kappa shape index (κ1) is 24.2. The highest BCUT2D eigenvalue weighted by Gasteiger charge is 2.36. The van der Waals surface area contributed by atoms with Crippen molar-refractivity contribution >= 4 is 17.9 Å². The van der Waals surface area contributed by atoms with Crippen LogP contribution in [0.5, 0.6) is 5.75 Å². The minimum absolute atomic E-state index is 0.189. The van der Waals surface area contributed by atoms with Crippen molar-refractivity contribution in [2.45, 2.75) is 39.7 Å². The second-order valence-corrected chi connectivity index (χ2v) is 8.50. The summed E-state index contributed by atoms with van der Waals surface area (Å²) in [6, 6.07) is 11.6. The summed E-state index contributed by atoms with van der Waals surface area (Å²) in [4.78, 5) is 24.0. The summed E-state index contributed by atoms with van der Waals surface area (Å²) in [5.74, 6) is 0.664.